The Kier molecular flexibility index (Phi) is 3.12. The number of aromatic amines is 1. The van der Waals surface area contributed by atoms with Gasteiger partial charge in [-0.05, 0) is 12.1 Å². The molecule has 1 aromatic heterocycles. The van der Waals surface area contributed by atoms with Gasteiger partial charge < -0.3 is 15.5 Å². The van der Waals surface area contributed by atoms with Crippen LogP contribution >= 0.6 is 11.6 Å². The number of benzene rings is 1. The summed E-state index contributed by atoms with van der Waals surface area (Å²) < 4.78 is 5.14. The van der Waals surface area contributed by atoms with Gasteiger partial charge >= 0.3 is 0 Å². The molecule has 84 valence electrons. The van der Waals surface area contributed by atoms with Crippen molar-refractivity contribution in [3.8, 4) is 17.1 Å². The summed E-state index contributed by atoms with van der Waals surface area (Å²) in [5, 5.41) is 0.417. The van der Waals surface area contributed by atoms with E-state index >= 15 is 0 Å². The topological polar surface area (TPSA) is 63.9 Å². The number of nitrogens with one attached hydrogen (secondary N) is 1. The zero-order valence-electron chi connectivity index (χ0n) is 8.83. The van der Waals surface area contributed by atoms with Crippen LogP contribution < -0.4 is 10.5 Å². The first kappa shape index (κ1) is 11.0. The molecule has 0 aliphatic heterocycles. The average Bonchev–Trinajstić information content (AvgIpc) is 2.71. The number of ether oxygens (including phenoxy) is 1. The Hall–Kier alpha value is -1.52. The number of rotatable bonds is 3. The smallest absolute Gasteiger partial charge is 0.152 e. The molecule has 0 saturated heterocycles. The van der Waals surface area contributed by atoms with Crippen LogP contribution in [0.3, 0.4) is 0 Å². The van der Waals surface area contributed by atoms with E-state index < -0.39 is 0 Å². The molecule has 1 heterocycles. The van der Waals surface area contributed by atoms with Crippen LogP contribution in [0.4, 0.5) is 0 Å². The van der Waals surface area contributed by atoms with Gasteiger partial charge in [-0.2, -0.15) is 0 Å². The lowest BCUT2D eigenvalue weighted by Crippen LogP contribution is -1.96. The Balaban J connectivity index is 2.41. The molecule has 0 aliphatic carbocycles. The summed E-state index contributed by atoms with van der Waals surface area (Å²) in [6.45, 7) is 0.343. The maximum atomic E-state index is 5.92. The minimum absolute atomic E-state index is 0.343. The highest BCUT2D eigenvalue weighted by Gasteiger charge is 2.08. The standard InChI is InChI=1S/C11H12ClN3O/c1-16-8-4-2-3-7(5-8)11-14-9(6-13)10(12)15-11/h2-5H,6,13H2,1H3,(H,14,15). The van der Waals surface area contributed by atoms with Gasteiger partial charge in [-0.25, -0.2) is 4.98 Å². The molecule has 1 aromatic carbocycles. The van der Waals surface area contributed by atoms with Crippen molar-refractivity contribution in [1.82, 2.24) is 9.97 Å². The van der Waals surface area contributed by atoms with Gasteiger partial charge in [0.25, 0.3) is 0 Å². The first-order chi connectivity index (χ1) is 7.74. The molecule has 0 amide bonds. The number of hydrogen-bond acceptors (Lipinski definition) is 3. The van der Waals surface area contributed by atoms with Gasteiger partial charge in [-0.3, -0.25) is 0 Å². The summed E-state index contributed by atoms with van der Waals surface area (Å²) in [6.07, 6.45) is 0. The van der Waals surface area contributed by atoms with E-state index in [0.717, 1.165) is 17.0 Å². The Morgan fingerprint density at radius 2 is 2.31 bits per heavy atom. The van der Waals surface area contributed by atoms with Gasteiger partial charge in [0.05, 0.1) is 12.8 Å². The van der Waals surface area contributed by atoms with E-state index in [1.807, 2.05) is 24.3 Å². The van der Waals surface area contributed by atoms with E-state index in [-0.39, 0.29) is 0 Å². The fourth-order valence-corrected chi connectivity index (χ4v) is 1.64. The van der Waals surface area contributed by atoms with Gasteiger partial charge in [-0.1, -0.05) is 23.7 Å². The minimum atomic E-state index is 0.343. The molecule has 4 nitrogen and oxygen atoms in total. The lowest BCUT2D eigenvalue weighted by Gasteiger charge is -2.01. The highest BCUT2D eigenvalue weighted by atomic mass is 35.5. The van der Waals surface area contributed by atoms with Crippen LogP contribution in [0.1, 0.15) is 5.69 Å². The zero-order chi connectivity index (χ0) is 11.5. The molecule has 0 unspecified atom stereocenters. The van der Waals surface area contributed by atoms with Crippen LogP contribution in [0.2, 0.25) is 5.15 Å². The molecular formula is C11H12ClN3O. The van der Waals surface area contributed by atoms with Crippen molar-refractivity contribution in [2.75, 3.05) is 7.11 Å². The number of methoxy groups -OCH3 is 1. The molecule has 0 aliphatic rings. The molecular weight excluding hydrogens is 226 g/mol. The Morgan fingerprint density at radius 3 is 2.94 bits per heavy atom. The van der Waals surface area contributed by atoms with Crippen molar-refractivity contribution in [3.63, 3.8) is 0 Å². The lowest BCUT2D eigenvalue weighted by atomic mass is 10.2. The third kappa shape index (κ3) is 2.03. The third-order valence-electron chi connectivity index (χ3n) is 2.28. The van der Waals surface area contributed by atoms with Crippen LogP contribution in [0.25, 0.3) is 11.4 Å². The average molecular weight is 238 g/mol. The van der Waals surface area contributed by atoms with Crippen LogP contribution in [-0.4, -0.2) is 17.1 Å². The second kappa shape index (κ2) is 4.55. The van der Waals surface area contributed by atoms with Crippen LogP contribution in [0.15, 0.2) is 24.3 Å². The van der Waals surface area contributed by atoms with Gasteiger partial charge in [-0.15, -0.1) is 0 Å². The first-order valence-corrected chi connectivity index (χ1v) is 5.21. The Morgan fingerprint density at radius 1 is 1.50 bits per heavy atom. The summed E-state index contributed by atoms with van der Waals surface area (Å²) in [5.74, 6) is 1.48. The fourth-order valence-electron chi connectivity index (χ4n) is 1.43. The fraction of sp³-hybridized carbons (Fsp3) is 0.182. The number of H-pyrrole nitrogens is 1. The normalized spacial score (nSPS) is 10.4. The van der Waals surface area contributed by atoms with Crippen LogP contribution in [0.5, 0.6) is 5.75 Å². The van der Waals surface area contributed by atoms with Gasteiger partial charge in [0.1, 0.15) is 11.6 Å². The van der Waals surface area contributed by atoms with E-state index in [2.05, 4.69) is 9.97 Å². The number of halogens is 1. The quantitative estimate of drug-likeness (QED) is 0.860. The molecule has 0 radical (unpaired) electrons. The van der Waals surface area contributed by atoms with E-state index in [1.165, 1.54) is 0 Å². The number of aromatic nitrogens is 2. The second-order valence-corrected chi connectivity index (χ2v) is 3.65. The van der Waals surface area contributed by atoms with Crippen molar-refractivity contribution in [2.45, 2.75) is 6.54 Å². The highest BCUT2D eigenvalue weighted by molar-refractivity contribution is 6.30. The lowest BCUT2D eigenvalue weighted by molar-refractivity contribution is 0.415. The zero-order valence-corrected chi connectivity index (χ0v) is 9.58. The van der Waals surface area contributed by atoms with Crippen molar-refractivity contribution >= 4 is 11.6 Å². The maximum Gasteiger partial charge on any atom is 0.152 e. The molecule has 0 atom stereocenters. The Bertz CT molecular complexity index is 496. The van der Waals surface area contributed by atoms with E-state index in [0.29, 0.717) is 17.5 Å². The maximum absolute atomic E-state index is 5.92. The molecule has 3 N–H and O–H groups in total. The molecule has 0 saturated carbocycles. The van der Waals surface area contributed by atoms with Crippen molar-refractivity contribution in [2.24, 2.45) is 5.73 Å². The molecule has 0 fully saturated rings. The highest BCUT2D eigenvalue weighted by Crippen LogP contribution is 2.24. The molecule has 16 heavy (non-hydrogen) atoms. The van der Waals surface area contributed by atoms with Gasteiger partial charge in [0.2, 0.25) is 0 Å². The summed E-state index contributed by atoms with van der Waals surface area (Å²) in [4.78, 5) is 7.28. The van der Waals surface area contributed by atoms with Gasteiger partial charge in [0, 0.05) is 12.1 Å². The second-order valence-electron chi connectivity index (χ2n) is 3.29. The molecule has 2 rings (SSSR count). The monoisotopic (exact) mass is 237 g/mol. The van der Waals surface area contributed by atoms with E-state index in [4.69, 9.17) is 22.1 Å². The van der Waals surface area contributed by atoms with Crippen molar-refractivity contribution in [1.29, 1.82) is 0 Å². The van der Waals surface area contributed by atoms with Crippen molar-refractivity contribution in [3.05, 3.63) is 35.1 Å². The van der Waals surface area contributed by atoms with Crippen LogP contribution in [0, 0.1) is 0 Å². The third-order valence-corrected chi connectivity index (χ3v) is 2.59. The predicted octanol–water partition coefficient (Wildman–Crippen LogP) is 2.20. The number of nitrogens with zero attached hydrogens (tertiary/aromatic N) is 1. The first-order valence-electron chi connectivity index (χ1n) is 4.83. The Labute approximate surface area is 98.4 Å². The van der Waals surface area contributed by atoms with E-state index in [1.54, 1.807) is 7.11 Å². The summed E-state index contributed by atoms with van der Waals surface area (Å²) >= 11 is 5.92. The van der Waals surface area contributed by atoms with Crippen LogP contribution in [-0.2, 0) is 6.54 Å². The molecule has 0 spiro atoms. The predicted molar refractivity (Wildman–Crippen MR) is 63.5 cm³/mol. The number of nitrogens with two attached hydrogens (primary N) is 1. The largest absolute Gasteiger partial charge is 0.497 e. The van der Waals surface area contributed by atoms with Crippen molar-refractivity contribution < 1.29 is 4.74 Å². The number of imidazole rings is 1. The number of hydrogen-bond donors (Lipinski definition) is 2. The molecule has 2 aromatic rings. The molecule has 0 bridgehead atoms. The summed E-state index contributed by atoms with van der Waals surface area (Å²) in [5.41, 5.74) is 7.17. The summed E-state index contributed by atoms with van der Waals surface area (Å²) in [6, 6.07) is 7.58. The molecule has 5 heteroatoms. The SMILES string of the molecule is COc1cccc(-c2nc(Cl)c(CN)[nH]2)c1. The van der Waals surface area contributed by atoms with Gasteiger partial charge in [0.15, 0.2) is 5.15 Å². The van der Waals surface area contributed by atoms with E-state index in [9.17, 15) is 0 Å². The summed E-state index contributed by atoms with van der Waals surface area (Å²) in [7, 11) is 1.62. The minimum Gasteiger partial charge on any atom is -0.497 e.